The van der Waals surface area contributed by atoms with Crippen LogP contribution < -0.4 is 10.1 Å². The number of carbonyl (C=O) groups is 2. The van der Waals surface area contributed by atoms with Crippen molar-refractivity contribution in [1.29, 1.82) is 0 Å². The van der Waals surface area contributed by atoms with Gasteiger partial charge in [0.1, 0.15) is 5.75 Å². The second-order valence-electron chi connectivity index (χ2n) is 5.88. The molecule has 144 valence electrons. The van der Waals surface area contributed by atoms with Gasteiger partial charge in [0.05, 0.1) is 17.8 Å². The van der Waals surface area contributed by atoms with Gasteiger partial charge in [-0.2, -0.15) is 0 Å². The minimum atomic E-state index is -0.972. The van der Waals surface area contributed by atoms with Crippen LogP contribution in [0.1, 0.15) is 11.8 Å². The summed E-state index contributed by atoms with van der Waals surface area (Å²) in [6.07, 6.45) is 1.89. The summed E-state index contributed by atoms with van der Waals surface area (Å²) in [7, 11) is 1.51. The molecular weight excluding hydrogens is 398 g/mol. The normalized spacial score (nSPS) is 12.1. The number of para-hydroxylation sites is 2. The minimum Gasteiger partial charge on any atom is -0.495 e. The molecule has 7 heteroatoms. The molecule has 1 aromatic heterocycles. The monoisotopic (exact) mass is 415 g/mol. The van der Waals surface area contributed by atoms with Crippen molar-refractivity contribution in [3.05, 3.63) is 64.5 Å². The van der Waals surface area contributed by atoms with Crippen LogP contribution >= 0.6 is 22.9 Å². The topological polar surface area (TPSA) is 64.6 Å². The molecular formula is C21H18ClNO4S. The Hall–Kier alpha value is -2.83. The summed E-state index contributed by atoms with van der Waals surface area (Å²) in [5.74, 6) is -0.559. The van der Waals surface area contributed by atoms with Crippen molar-refractivity contribution >= 4 is 56.7 Å². The van der Waals surface area contributed by atoms with E-state index in [0.29, 0.717) is 16.5 Å². The highest BCUT2D eigenvalue weighted by Gasteiger charge is 2.18. The lowest BCUT2D eigenvalue weighted by atomic mass is 10.2. The summed E-state index contributed by atoms with van der Waals surface area (Å²) in [6, 6.07) is 14.7. The van der Waals surface area contributed by atoms with Gasteiger partial charge in [0.25, 0.3) is 5.91 Å². The van der Waals surface area contributed by atoms with Crippen LogP contribution in [0.15, 0.2) is 54.6 Å². The van der Waals surface area contributed by atoms with Crippen LogP contribution in [0.25, 0.3) is 16.2 Å². The Bertz CT molecular complexity index is 1040. The number of anilines is 1. The number of rotatable bonds is 6. The Labute approximate surface area is 171 Å². The highest BCUT2D eigenvalue weighted by molar-refractivity contribution is 7.20. The molecule has 0 saturated carbocycles. The molecule has 1 heterocycles. The molecule has 0 aliphatic rings. The Morgan fingerprint density at radius 2 is 1.86 bits per heavy atom. The van der Waals surface area contributed by atoms with Gasteiger partial charge in [-0.25, -0.2) is 4.79 Å². The maximum Gasteiger partial charge on any atom is 0.331 e. The lowest BCUT2D eigenvalue weighted by Crippen LogP contribution is -2.29. The molecule has 28 heavy (non-hydrogen) atoms. The Kier molecular flexibility index (Phi) is 6.34. The average Bonchev–Trinajstić information content (AvgIpc) is 3.02. The molecule has 0 aliphatic heterocycles. The summed E-state index contributed by atoms with van der Waals surface area (Å²) >= 11 is 7.82. The van der Waals surface area contributed by atoms with Crippen molar-refractivity contribution in [1.82, 2.24) is 0 Å². The van der Waals surface area contributed by atoms with Crippen molar-refractivity contribution in [2.75, 3.05) is 12.4 Å². The molecule has 0 radical (unpaired) electrons. The Balaban J connectivity index is 1.62. The molecule has 0 aliphatic carbocycles. The van der Waals surface area contributed by atoms with E-state index in [9.17, 15) is 9.59 Å². The Morgan fingerprint density at radius 3 is 2.61 bits per heavy atom. The number of carbonyl (C=O) groups excluding carboxylic acids is 2. The number of fused-ring (bicyclic) bond motifs is 1. The minimum absolute atomic E-state index is 0.453. The number of thiophene rings is 1. The molecule has 3 rings (SSSR count). The first-order chi connectivity index (χ1) is 13.5. The number of methoxy groups -OCH3 is 1. The second-order valence-corrected chi connectivity index (χ2v) is 7.34. The van der Waals surface area contributed by atoms with Crippen molar-refractivity contribution in [2.45, 2.75) is 13.0 Å². The highest BCUT2D eigenvalue weighted by Crippen LogP contribution is 2.35. The average molecular weight is 416 g/mol. The van der Waals surface area contributed by atoms with E-state index in [1.54, 1.807) is 30.3 Å². The SMILES string of the molecule is COc1ccccc1NC(=O)[C@@H](C)OC(=O)/C=C/c1sc2ccccc2c1Cl. The van der Waals surface area contributed by atoms with Gasteiger partial charge in [0, 0.05) is 21.0 Å². The van der Waals surface area contributed by atoms with Crippen molar-refractivity contribution < 1.29 is 19.1 Å². The lowest BCUT2D eigenvalue weighted by molar-refractivity contribution is -0.148. The summed E-state index contributed by atoms with van der Waals surface area (Å²) in [5.41, 5.74) is 0.505. The van der Waals surface area contributed by atoms with Gasteiger partial charge in [-0.15, -0.1) is 11.3 Å². The maximum absolute atomic E-state index is 12.3. The zero-order chi connectivity index (χ0) is 20.1. The van der Waals surface area contributed by atoms with Crippen LogP contribution in [0.5, 0.6) is 5.75 Å². The van der Waals surface area contributed by atoms with Crippen LogP contribution in [0, 0.1) is 0 Å². The molecule has 1 atom stereocenters. The molecule has 5 nitrogen and oxygen atoms in total. The number of ether oxygens (including phenoxy) is 2. The number of nitrogens with one attached hydrogen (secondary N) is 1. The van der Waals surface area contributed by atoms with Gasteiger partial charge in [-0.05, 0) is 31.2 Å². The van der Waals surface area contributed by atoms with Crippen LogP contribution in [-0.2, 0) is 14.3 Å². The third-order valence-electron chi connectivity index (χ3n) is 3.96. The first-order valence-corrected chi connectivity index (χ1v) is 9.68. The fourth-order valence-electron chi connectivity index (χ4n) is 2.53. The summed E-state index contributed by atoms with van der Waals surface area (Å²) in [5, 5.41) is 4.21. The number of halogens is 1. The van der Waals surface area contributed by atoms with E-state index in [1.165, 1.54) is 31.4 Å². The molecule has 0 unspecified atom stereocenters. The van der Waals surface area contributed by atoms with Gasteiger partial charge >= 0.3 is 5.97 Å². The van der Waals surface area contributed by atoms with Crippen LogP contribution in [0.4, 0.5) is 5.69 Å². The smallest absolute Gasteiger partial charge is 0.331 e. The number of benzene rings is 2. The largest absolute Gasteiger partial charge is 0.495 e. The van der Waals surface area contributed by atoms with Crippen LogP contribution in [0.3, 0.4) is 0 Å². The number of esters is 1. The molecule has 1 N–H and O–H groups in total. The van der Waals surface area contributed by atoms with Crippen molar-refractivity contribution in [2.24, 2.45) is 0 Å². The number of amides is 1. The summed E-state index contributed by atoms with van der Waals surface area (Å²) in [4.78, 5) is 25.1. The van der Waals surface area contributed by atoms with E-state index in [-0.39, 0.29) is 0 Å². The molecule has 0 saturated heterocycles. The van der Waals surface area contributed by atoms with Crippen molar-refractivity contribution in [3.63, 3.8) is 0 Å². The lowest BCUT2D eigenvalue weighted by Gasteiger charge is -2.14. The van der Waals surface area contributed by atoms with Gasteiger partial charge < -0.3 is 14.8 Å². The first-order valence-electron chi connectivity index (χ1n) is 8.49. The zero-order valence-electron chi connectivity index (χ0n) is 15.3. The van der Waals surface area contributed by atoms with E-state index >= 15 is 0 Å². The van der Waals surface area contributed by atoms with Gasteiger partial charge in [0.2, 0.25) is 0 Å². The van der Waals surface area contributed by atoms with Gasteiger partial charge in [0.15, 0.2) is 6.10 Å². The number of hydrogen-bond acceptors (Lipinski definition) is 5. The highest BCUT2D eigenvalue weighted by atomic mass is 35.5. The van der Waals surface area contributed by atoms with Gasteiger partial charge in [-0.3, -0.25) is 4.79 Å². The number of hydrogen-bond donors (Lipinski definition) is 1. The fraction of sp³-hybridized carbons (Fsp3) is 0.143. The third-order valence-corrected chi connectivity index (χ3v) is 5.61. The van der Waals surface area contributed by atoms with Crippen molar-refractivity contribution in [3.8, 4) is 5.75 Å². The summed E-state index contributed by atoms with van der Waals surface area (Å²) in [6.45, 7) is 1.50. The van der Waals surface area contributed by atoms with Crippen LogP contribution in [0.2, 0.25) is 5.02 Å². The predicted octanol–water partition coefficient (Wildman–Crippen LogP) is 5.15. The van der Waals surface area contributed by atoms with E-state index in [0.717, 1.165) is 15.0 Å². The molecule has 0 spiro atoms. The van der Waals surface area contributed by atoms with Crippen LogP contribution in [-0.4, -0.2) is 25.1 Å². The predicted molar refractivity (Wildman–Crippen MR) is 113 cm³/mol. The maximum atomic E-state index is 12.3. The zero-order valence-corrected chi connectivity index (χ0v) is 16.8. The molecule has 2 aromatic carbocycles. The molecule has 0 bridgehead atoms. The fourth-order valence-corrected chi connectivity index (χ4v) is 3.93. The molecule has 1 amide bonds. The second kappa shape index (κ2) is 8.91. The molecule has 0 fully saturated rings. The van der Waals surface area contributed by atoms with E-state index in [4.69, 9.17) is 21.1 Å². The van der Waals surface area contributed by atoms with E-state index < -0.39 is 18.0 Å². The molecule has 3 aromatic rings. The quantitative estimate of drug-likeness (QED) is 0.446. The standard InChI is InChI=1S/C21H18ClNO4S/c1-13(21(25)23-15-8-4-5-9-16(15)26-2)27-19(24)12-11-18-20(22)14-7-3-6-10-17(14)28-18/h3-13H,1-2H3,(H,23,25)/b12-11+/t13-/m1/s1. The van der Waals surface area contributed by atoms with Gasteiger partial charge in [-0.1, -0.05) is 41.9 Å². The summed E-state index contributed by atoms with van der Waals surface area (Å²) < 4.78 is 11.4. The van der Waals surface area contributed by atoms with E-state index in [2.05, 4.69) is 5.32 Å². The Morgan fingerprint density at radius 1 is 1.14 bits per heavy atom. The third kappa shape index (κ3) is 4.52. The van der Waals surface area contributed by atoms with E-state index in [1.807, 2.05) is 24.3 Å². The first kappa shape index (κ1) is 19.9.